The van der Waals surface area contributed by atoms with E-state index in [1.807, 2.05) is 18.2 Å². The summed E-state index contributed by atoms with van der Waals surface area (Å²) in [6.45, 7) is 1.80. The third-order valence-corrected chi connectivity index (χ3v) is 4.43. The summed E-state index contributed by atoms with van der Waals surface area (Å²) >= 11 is 2.15. The quantitative estimate of drug-likeness (QED) is 0.767. The molecule has 1 aliphatic heterocycles. The van der Waals surface area contributed by atoms with Gasteiger partial charge in [0.05, 0.1) is 5.69 Å². The zero-order chi connectivity index (χ0) is 15.5. The van der Waals surface area contributed by atoms with Gasteiger partial charge < -0.3 is 10.2 Å². The second-order valence-electron chi connectivity index (χ2n) is 5.29. The van der Waals surface area contributed by atoms with Crippen LogP contribution >= 0.6 is 22.6 Å². The first-order valence-electron chi connectivity index (χ1n) is 7.25. The van der Waals surface area contributed by atoms with Crippen molar-refractivity contribution in [3.8, 4) is 0 Å². The van der Waals surface area contributed by atoms with E-state index in [1.54, 1.807) is 18.2 Å². The van der Waals surface area contributed by atoms with E-state index < -0.39 is 5.82 Å². The fraction of sp³-hybridized carbons (Fsp3) is 0.235. The van der Waals surface area contributed by atoms with Gasteiger partial charge in [-0.3, -0.25) is 4.79 Å². The first kappa shape index (κ1) is 15.3. The molecule has 22 heavy (non-hydrogen) atoms. The third kappa shape index (κ3) is 3.24. The average molecular weight is 410 g/mol. The maximum absolute atomic E-state index is 14.2. The molecule has 2 aromatic rings. The summed E-state index contributed by atoms with van der Waals surface area (Å²) < 4.78 is 15.2. The first-order chi connectivity index (χ1) is 10.6. The zero-order valence-corrected chi connectivity index (χ0v) is 14.1. The Morgan fingerprint density at radius 1 is 1.14 bits per heavy atom. The molecule has 0 radical (unpaired) electrons. The number of nitrogens with one attached hydrogen (secondary N) is 1. The van der Waals surface area contributed by atoms with Crippen molar-refractivity contribution in [1.29, 1.82) is 0 Å². The van der Waals surface area contributed by atoms with Crippen LogP contribution in [0.3, 0.4) is 0 Å². The van der Waals surface area contributed by atoms with E-state index in [1.165, 1.54) is 6.07 Å². The van der Waals surface area contributed by atoms with Crippen LogP contribution in [0.25, 0.3) is 0 Å². The van der Waals surface area contributed by atoms with E-state index in [0.717, 1.165) is 35.2 Å². The fourth-order valence-corrected chi connectivity index (χ4v) is 3.22. The molecule has 0 spiro atoms. The Balaban J connectivity index is 1.89. The second kappa shape index (κ2) is 6.64. The highest BCUT2D eigenvalue weighted by molar-refractivity contribution is 14.1. The summed E-state index contributed by atoms with van der Waals surface area (Å²) in [5.74, 6) is -0.688. The zero-order valence-electron chi connectivity index (χ0n) is 12.0. The molecule has 1 heterocycles. The minimum atomic E-state index is -0.400. The Morgan fingerprint density at radius 3 is 2.59 bits per heavy atom. The Kier molecular flexibility index (Phi) is 4.61. The van der Waals surface area contributed by atoms with Crippen LogP contribution in [0, 0.1) is 9.39 Å². The molecule has 3 nitrogen and oxygen atoms in total. The minimum absolute atomic E-state index is 0.272. The van der Waals surface area contributed by atoms with Gasteiger partial charge in [-0.2, -0.15) is 0 Å². The van der Waals surface area contributed by atoms with Gasteiger partial charge in [0.15, 0.2) is 0 Å². The van der Waals surface area contributed by atoms with Crippen molar-refractivity contribution in [2.45, 2.75) is 12.8 Å². The van der Waals surface area contributed by atoms with Gasteiger partial charge in [-0.25, -0.2) is 4.39 Å². The summed E-state index contributed by atoms with van der Waals surface area (Å²) in [7, 11) is 0. The number of carbonyl (C=O) groups is 1. The number of hydrogen-bond donors (Lipinski definition) is 1. The molecule has 0 saturated carbocycles. The van der Waals surface area contributed by atoms with Crippen molar-refractivity contribution in [1.82, 2.24) is 0 Å². The standard InChI is InChI=1S/C17H16FIN2O/c18-14-7-4-8-15(21-9-1-2-10-21)16(14)20-17(22)12-5-3-6-13(19)11-12/h3-8,11H,1-2,9-10H2,(H,20,22). The molecule has 1 saturated heterocycles. The lowest BCUT2D eigenvalue weighted by Crippen LogP contribution is -2.22. The number of halogens is 2. The molecule has 1 aliphatic rings. The molecule has 1 fully saturated rings. The van der Waals surface area contributed by atoms with Crippen molar-refractivity contribution in [2.24, 2.45) is 0 Å². The van der Waals surface area contributed by atoms with Gasteiger partial charge in [0.25, 0.3) is 5.91 Å². The molecule has 0 bridgehead atoms. The number of carbonyl (C=O) groups excluding carboxylic acids is 1. The number of hydrogen-bond acceptors (Lipinski definition) is 2. The van der Waals surface area contributed by atoms with Gasteiger partial charge in [-0.05, 0) is 65.8 Å². The van der Waals surface area contributed by atoms with Crippen LogP contribution in [-0.2, 0) is 0 Å². The van der Waals surface area contributed by atoms with E-state index in [-0.39, 0.29) is 11.6 Å². The average Bonchev–Trinajstić information content (AvgIpc) is 3.03. The highest BCUT2D eigenvalue weighted by Gasteiger charge is 2.20. The largest absolute Gasteiger partial charge is 0.370 e. The Hall–Kier alpha value is -1.63. The van der Waals surface area contributed by atoms with Gasteiger partial charge >= 0.3 is 0 Å². The van der Waals surface area contributed by atoms with E-state index in [4.69, 9.17) is 0 Å². The predicted octanol–water partition coefficient (Wildman–Crippen LogP) is 4.28. The topological polar surface area (TPSA) is 32.3 Å². The van der Waals surface area contributed by atoms with E-state index >= 15 is 0 Å². The summed E-state index contributed by atoms with van der Waals surface area (Å²) in [4.78, 5) is 14.5. The maximum atomic E-state index is 14.2. The molecule has 3 rings (SSSR count). The van der Waals surface area contributed by atoms with E-state index in [2.05, 4.69) is 32.8 Å². The number of benzene rings is 2. The fourth-order valence-electron chi connectivity index (χ4n) is 2.67. The predicted molar refractivity (Wildman–Crippen MR) is 95.0 cm³/mol. The van der Waals surface area contributed by atoms with Gasteiger partial charge in [-0.1, -0.05) is 12.1 Å². The summed E-state index contributed by atoms with van der Waals surface area (Å²) in [6, 6.07) is 12.2. The number of para-hydroxylation sites is 1. The Morgan fingerprint density at radius 2 is 1.86 bits per heavy atom. The van der Waals surface area contributed by atoms with E-state index in [9.17, 15) is 9.18 Å². The third-order valence-electron chi connectivity index (χ3n) is 3.76. The minimum Gasteiger partial charge on any atom is -0.370 e. The van der Waals surface area contributed by atoms with Crippen LogP contribution < -0.4 is 10.2 Å². The molecular formula is C17H16FIN2O. The number of nitrogens with zero attached hydrogens (tertiary/aromatic N) is 1. The maximum Gasteiger partial charge on any atom is 0.255 e. The normalized spacial score (nSPS) is 14.2. The Bertz CT molecular complexity index is 699. The van der Waals surface area contributed by atoms with Crippen LogP contribution in [-0.4, -0.2) is 19.0 Å². The van der Waals surface area contributed by atoms with Crippen molar-refractivity contribution in [3.63, 3.8) is 0 Å². The molecular weight excluding hydrogens is 394 g/mol. The number of anilines is 2. The number of amides is 1. The smallest absolute Gasteiger partial charge is 0.255 e. The van der Waals surface area contributed by atoms with Gasteiger partial charge in [0.2, 0.25) is 0 Å². The lowest BCUT2D eigenvalue weighted by atomic mass is 10.2. The van der Waals surface area contributed by atoms with Crippen molar-refractivity contribution >= 4 is 39.9 Å². The van der Waals surface area contributed by atoms with Crippen LogP contribution in [0.15, 0.2) is 42.5 Å². The van der Waals surface area contributed by atoms with Crippen LogP contribution in [0.4, 0.5) is 15.8 Å². The summed E-state index contributed by atoms with van der Waals surface area (Å²) in [6.07, 6.45) is 2.20. The molecule has 0 aliphatic carbocycles. The molecule has 0 unspecified atom stereocenters. The second-order valence-corrected chi connectivity index (χ2v) is 6.54. The summed E-state index contributed by atoms with van der Waals surface area (Å²) in [5.41, 5.74) is 1.56. The molecule has 114 valence electrons. The number of rotatable bonds is 3. The van der Waals surface area contributed by atoms with Crippen LogP contribution in [0.5, 0.6) is 0 Å². The lowest BCUT2D eigenvalue weighted by molar-refractivity contribution is 0.102. The first-order valence-corrected chi connectivity index (χ1v) is 8.33. The van der Waals surface area contributed by atoms with E-state index in [0.29, 0.717) is 5.56 Å². The Labute approximate surface area is 142 Å². The molecule has 1 amide bonds. The van der Waals surface area contributed by atoms with Crippen molar-refractivity contribution in [2.75, 3.05) is 23.3 Å². The van der Waals surface area contributed by atoms with Crippen LogP contribution in [0.2, 0.25) is 0 Å². The molecule has 5 heteroatoms. The van der Waals surface area contributed by atoms with Gasteiger partial charge in [0, 0.05) is 22.2 Å². The summed E-state index contributed by atoms with van der Waals surface area (Å²) in [5, 5.41) is 2.74. The molecule has 2 aromatic carbocycles. The highest BCUT2D eigenvalue weighted by Crippen LogP contribution is 2.31. The molecule has 0 aromatic heterocycles. The van der Waals surface area contributed by atoms with Crippen molar-refractivity contribution < 1.29 is 9.18 Å². The van der Waals surface area contributed by atoms with Gasteiger partial charge in [0.1, 0.15) is 11.5 Å². The molecule has 0 atom stereocenters. The van der Waals surface area contributed by atoms with Crippen LogP contribution in [0.1, 0.15) is 23.2 Å². The monoisotopic (exact) mass is 410 g/mol. The van der Waals surface area contributed by atoms with Gasteiger partial charge in [-0.15, -0.1) is 0 Å². The lowest BCUT2D eigenvalue weighted by Gasteiger charge is -2.22. The molecule has 1 N–H and O–H groups in total. The highest BCUT2D eigenvalue weighted by atomic mass is 127. The SMILES string of the molecule is O=C(Nc1c(F)cccc1N1CCCC1)c1cccc(I)c1. The van der Waals surface area contributed by atoms with Crippen molar-refractivity contribution in [3.05, 3.63) is 57.4 Å².